The lowest BCUT2D eigenvalue weighted by atomic mass is 10.1. The quantitative estimate of drug-likeness (QED) is 0.727. The fraction of sp³-hybridized carbons (Fsp3) is 0.278. The van der Waals surface area contributed by atoms with Gasteiger partial charge in [0.1, 0.15) is 16.9 Å². The second-order valence-electron chi connectivity index (χ2n) is 5.51. The lowest BCUT2D eigenvalue weighted by molar-refractivity contribution is -0.109. The van der Waals surface area contributed by atoms with Crippen LogP contribution in [0.15, 0.2) is 47.4 Å². The molecule has 0 spiro atoms. The van der Waals surface area contributed by atoms with Crippen molar-refractivity contribution in [3.8, 4) is 11.5 Å². The van der Waals surface area contributed by atoms with E-state index in [9.17, 15) is 13.2 Å². The van der Waals surface area contributed by atoms with E-state index in [1.54, 1.807) is 30.3 Å². The number of sulfone groups is 1. The molecular weight excluding hydrogens is 342 g/mol. The van der Waals surface area contributed by atoms with Crippen molar-refractivity contribution in [2.75, 3.05) is 14.2 Å². The molecule has 134 valence electrons. The van der Waals surface area contributed by atoms with E-state index in [0.717, 1.165) is 5.56 Å². The number of methoxy groups -OCH3 is 2. The molecule has 25 heavy (non-hydrogen) atoms. The highest BCUT2D eigenvalue weighted by molar-refractivity contribution is 7.92. The third kappa shape index (κ3) is 4.30. The van der Waals surface area contributed by atoms with Crippen LogP contribution in [-0.2, 0) is 21.1 Å². The zero-order valence-corrected chi connectivity index (χ0v) is 15.2. The molecule has 0 fully saturated rings. The summed E-state index contributed by atoms with van der Waals surface area (Å²) in [4.78, 5) is 11.1. The van der Waals surface area contributed by atoms with Crippen molar-refractivity contribution in [1.29, 1.82) is 0 Å². The van der Waals surface area contributed by atoms with Crippen LogP contribution in [0.1, 0.15) is 11.1 Å². The Kier molecular flexibility index (Phi) is 6.03. The first kappa shape index (κ1) is 18.8. The van der Waals surface area contributed by atoms with Gasteiger partial charge in [0.15, 0.2) is 9.84 Å². The topological polar surface area (TPSA) is 81.7 Å². The van der Waals surface area contributed by atoms with Crippen molar-refractivity contribution in [1.82, 2.24) is 5.32 Å². The Morgan fingerprint density at radius 2 is 1.76 bits per heavy atom. The molecule has 2 aromatic rings. The van der Waals surface area contributed by atoms with Crippen LogP contribution in [0.25, 0.3) is 0 Å². The number of rotatable bonds is 8. The second-order valence-corrected chi connectivity index (χ2v) is 7.64. The molecule has 7 heteroatoms. The van der Waals surface area contributed by atoms with Gasteiger partial charge < -0.3 is 14.8 Å². The molecule has 0 aliphatic rings. The van der Waals surface area contributed by atoms with Crippen molar-refractivity contribution >= 4 is 16.2 Å². The first-order chi connectivity index (χ1) is 11.9. The Balaban J connectivity index is 2.38. The number of carbonyl (C=O) groups excluding carboxylic acids is 1. The van der Waals surface area contributed by atoms with Crippen LogP contribution in [0.4, 0.5) is 0 Å². The Labute approximate surface area is 147 Å². The van der Waals surface area contributed by atoms with Gasteiger partial charge in [-0.2, -0.15) is 0 Å². The molecule has 6 nitrogen and oxygen atoms in total. The zero-order valence-electron chi connectivity index (χ0n) is 14.4. The minimum absolute atomic E-state index is 0.0715. The minimum atomic E-state index is -3.75. The minimum Gasteiger partial charge on any atom is -0.497 e. The van der Waals surface area contributed by atoms with Crippen LogP contribution >= 0.6 is 0 Å². The summed E-state index contributed by atoms with van der Waals surface area (Å²) in [6, 6.07) is 11.6. The number of hydrogen-bond acceptors (Lipinski definition) is 5. The van der Waals surface area contributed by atoms with E-state index in [0.29, 0.717) is 23.5 Å². The molecule has 2 rings (SSSR count). The summed E-state index contributed by atoms with van der Waals surface area (Å²) in [6.45, 7) is 1.87. The Bertz CT molecular complexity index is 831. The third-order valence-electron chi connectivity index (χ3n) is 3.88. The Morgan fingerprint density at radius 1 is 1.08 bits per heavy atom. The normalized spacial score (nSPS) is 12.3. The average molecular weight is 363 g/mol. The van der Waals surface area contributed by atoms with Crippen molar-refractivity contribution in [3.63, 3.8) is 0 Å². The molecular formula is C18H21NO5S. The smallest absolute Gasteiger partial charge is 0.208 e. The van der Waals surface area contributed by atoms with Crippen molar-refractivity contribution in [2.45, 2.75) is 23.6 Å². The summed E-state index contributed by atoms with van der Waals surface area (Å²) >= 11 is 0. The average Bonchev–Trinajstić information content (AvgIpc) is 2.61. The highest BCUT2D eigenvalue weighted by Gasteiger charge is 2.28. The summed E-state index contributed by atoms with van der Waals surface area (Å²) in [5.74, 6) is 1.10. The van der Waals surface area contributed by atoms with Crippen molar-refractivity contribution in [2.24, 2.45) is 0 Å². The monoisotopic (exact) mass is 363 g/mol. The molecule has 0 radical (unpaired) electrons. The van der Waals surface area contributed by atoms with E-state index in [1.165, 1.54) is 26.4 Å². The number of benzene rings is 2. The van der Waals surface area contributed by atoms with E-state index in [4.69, 9.17) is 9.47 Å². The van der Waals surface area contributed by atoms with Crippen molar-refractivity contribution < 1.29 is 22.7 Å². The molecule has 0 saturated heterocycles. The third-order valence-corrected chi connectivity index (χ3v) is 5.86. The Morgan fingerprint density at radius 3 is 2.32 bits per heavy atom. The van der Waals surface area contributed by atoms with Gasteiger partial charge in [0, 0.05) is 12.5 Å². The maximum atomic E-state index is 12.9. The molecule has 1 unspecified atom stereocenters. The number of hydrogen-bond donors (Lipinski definition) is 1. The van der Waals surface area contributed by atoms with Crippen LogP contribution in [0.2, 0.25) is 0 Å². The van der Waals surface area contributed by atoms with E-state index >= 15 is 0 Å². The van der Waals surface area contributed by atoms with E-state index in [2.05, 4.69) is 5.32 Å². The van der Waals surface area contributed by atoms with E-state index < -0.39 is 15.2 Å². The summed E-state index contributed by atoms with van der Waals surface area (Å²) in [7, 11) is -0.718. The molecule has 0 heterocycles. The highest BCUT2D eigenvalue weighted by atomic mass is 32.2. The molecule has 0 aliphatic carbocycles. The lowest BCUT2D eigenvalue weighted by Gasteiger charge is -2.19. The van der Waals surface area contributed by atoms with Crippen LogP contribution in [-0.4, -0.2) is 34.4 Å². The van der Waals surface area contributed by atoms with Gasteiger partial charge in [0.25, 0.3) is 0 Å². The number of amides is 1. The fourth-order valence-electron chi connectivity index (χ4n) is 2.45. The molecule has 1 N–H and O–H groups in total. The van der Waals surface area contributed by atoms with Crippen LogP contribution in [0, 0.1) is 6.92 Å². The SMILES string of the molecule is COc1ccc(CC(NC=O)S(=O)(=O)c2ccc(C)cc2)c(OC)c1. The highest BCUT2D eigenvalue weighted by Crippen LogP contribution is 2.27. The maximum Gasteiger partial charge on any atom is 0.208 e. The molecule has 0 aromatic heterocycles. The zero-order chi connectivity index (χ0) is 18.4. The van der Waals surface area contributed by atoms with E-state index in [-0.39, 0.29) is 11.3 Å². The molecule has 0 aliphatic heterocycles. The predicted molar refractivity (Wildman–Crippen MR) is 94.6 cm³/mol. The fourth-order valence-corrected chi connectivity index (χ4v) is 3.92. The largest absolute Gasteiger partial charge is 0.497 e. The molecule has 0 saturated carbocycles. The van der Waals surface area contributed by atoms with E-state index in [1.807, 2.05) is 6.92 Å². The second kappa shape index (κ2) is 8.02. The molecule has 0 bridgehead atoms. The lowest BCUT2D eigenvalue weighted by Crippen LogP contribution is -2.37. The predicted octanol–water partition coefficient (Wildman–Crippen LogP) is 2.10. The summed E-state index contributed by atoms with van der Waals surface area (Å²) in [5, 5.41) is 1.31. The number of ether oxygens (including phenoxy) is 2. The molecule has 2 aromatic carbocycles. The summed E-state index contributed by atoms with van der Waals surface area (Å²) < 4.78 is 36.2. The van der Waals surface area contributed by atoms with Crippen molar-refractivity contribution in [3.05, 3.63) is 53.6 Å². The van der Waals surface area contributed by atoms with Gasteiger partial charge in [-0.1, -0.05) is 23.8 Å². The number of carbonyl (C=O) groups is 1. The van der Waals surface area contributed by atoms with Gasteiger partial charge in [0.2, 0.25) is 6.41 Å². The van der Waals surface area contributed by atoms with Crippen LogP contribution in [0.5, 0.6) is 11.5 Å². The van der Waals surface area contributed by atoms with Gasteiger partial charge in [-0.15, -0.1) is 0 Å². The maximum absolute atomic E-state index is 12.9. The Hall–Kier alpha value is -2.54. The van der Waals surface area contributed by atoms with Gasteiger partial charge in [-0.25, -0.2) is 8.42 Å². The first-order valence-electron chi connectivity index (χ1n) is 7.63. The number of aryl methyl sites for hydroxylation is 1. The number of nitrogens with one attached hydrogen (secondary N) is 1. The first-order valence-corrected chi connectivity index (χ1v) is 9.18. The standard InChI is InChI=1S/C18H21NO5S/c1-13-4-8-16(9-5-13)25(21,22)18(19-12-20)10-14-6-7-15(23-2)11-17(14)24-3/h4-9,11-12,18H,10H2,1-3H3,(H,19,20). The summed E-state index contributed by atoms with van der Waals surface area (Å²) in [5.41, 5.74) is 1.61. The van der Waals surface area contributed by atoms with Gasteiger partial charge >= 0.3 is 0 Å². The van der Waals surface area contributed by atoms with Gasteiger partial charge in [-0.05, 0) is 30.7 Å². The van der Waals surface area contributed by atoms with Gasteiger partial charge in [-0.3, -0.25) is 4.79 Å². The van der Waals surface area contributed by atoms with Gasteiger partial charge in [0.05, 0.1) is 19.1 Å². The van der Waals surface area contributed by atoms with Crippen LogP contribution < -0.4 is 14.8 Å². The summed E-state index contributed by atoms with van der Waals surface area (Å²) in [6.07, 6.45) is 0.467. The molecule has 1 amide bonds. The molecule has 1 atom stereocenters. The van der Waals surface area contributed by atoms with Crippen LogP contribution in [0.3, 0.4) is 0 Å².